The first-order valence-corrected chi connectivity index (χ1v) is 26.1. The first kappa shape index (κ1) is 59.9. The molecule has 0 unspecified atom stereocenters. The normalized spacial score (nSPS) is 31.7. The molecule has 0 spiro atoms. The molecular formula is C53H64N12O16. The van der Waals surface area contributed by atoms with Gasteiger partial charge in [-0.2, -0.15) is 0 Å². The molecule has 4 aromatic rings. The molecule has 28 nitrogen and oxygen atoms in total. The van der Waals surface area contributed by atoms with E-state index in [0.29, 0.717) is 11.1 Å². The van der Waals surface area contributed by atoms with Gasteiger partial charge in [0.15, 0.2) is 18.9 Å². The zero-order chi connectivity index (χ0) is 57.3. The molecule has 2 amide bonds. The van der Waals surface area contributed by atoms with Crippen LogP contribution in [0, 0.1) is 0 Å². The third kappa shape index (κ3) is 15.6. The van der Waals surface area contributed by atoms with Crippen molar-refractivity contribution in [3.05, 3.63) is 175 Å². The van der Waals surface area contributed by atoms with Crippen molar-refractivity contribution < 1.29 is 77.8 Å². The monoisotopic (exact) mass is 1120 g/mol. The Bertz CT molecular complexity index is 2770. The van der Waals surface area contributed by atoms with Crippen LogP contribution in [-0.4, -0.2) is 172 Å². The first-order chi connectivity index (χ1) is 39.4. The van der Waals surface area contributed by atoms with Crippen LogP contribution in [0.5, 0.6) is 0 Å². The molecule has 0 aromatic heterocycles. The average Bonchev–Trinajstić information content (AvgIpc) is 4.05. The Morgan fingerprint density at radius 3 is 1.79 bits per heavy atom. The lowest BCUT2D eigenvalue weighted by molar-refractivity contribution is -0.300. The van der Waals surface area contributed by atoms with Crippen molar-refractivity contribution >= 4 is 12.2 Å². The number of nitrogens with one attached hydrogen (secondary N) is 1. The van der Waals surface area contributed by atoms with Crippen LogP contribution < -0.4 is 11.1 Å². The molecule has 8 rings (SSSR count). The molecule has 3 aliphatic heterocycles. The Balaban J connectivity index is 1.12. The fourth-order valence-corrected chi connectivity index (χ4v) is 10.0. The summed E-state index contributed by atoms with van der Waals surface area (Å²) in [6, 6.07) is 30.5. The summed E-state index contributed by atoms with van der Waals surface area (Å²) >= 11 is 0. The van der Waals surface area contributed by atoms with Gasteiger partial charge in [-0.05, 0) is 51.7 Å². The number of aliphatic hydroxyl groups excluding tert-OH is 5. The lowest BCUT2D eigenvalue weighted by Crippen LogP contribution is -2.73. The molecule has 3 heterocycles. The number of ether oxygens (including phenoxy) is 9. The number of hydrogen-bond acceptors (Lipinski definition) is 20. The second-order valence-electron chi connectivity index (χ2n) is 19.6. The number of hydrogen-bond donors (Lipinski definition) is 7. The fourth-order valence-electron chi connectivity index (χ4n) is 10.0. The van der Waals surface area contributed by atoms with Crippen LogP contribution in [0.2, 0.25) is 0 Å². The summed E-state index contributed by atoms with van der Waals surface area (Å²) in [5, 5.41) is 70.5. The van der Waals surface area contributed by atoms with Gasteiger partial charge in [0.1, 0.15) is 62.0 Å². The van der Waals surface area contributed by atoms with Crippen LogP contribution >= 0.6 is 0 Å². The lowest BCUT2D eigenvalue weighted by Gasteiger charge is -2.50. The molecule has 81 heavy (non-hydrogen) atoms. The topological polar surface area (TPSA) is 406 Å². The van der Waals surface area contributed by atoms with Crippen molar-refractivity contribution in [2.75, 3.05) is 19.7 Å². The van der Waals surface area contributed by atoms with E-state index in [1.165, 1.54) is 4.90 Å². The lowest BCUT2D eigenvalue weighted by atomic mass is 9.81. The minimum absolute atomic E-state index is 0.0209. The van der Waals surface area contributed by atoms with Gasteiger partial charge in [-0.25, -0.2) is 9.59 Å². The highest BCUT2D eigenvalue weighted by Gasteiger charge is 2.57. The van der Waals surface area contributed by atoms with E-state index in [9.17, 15) is 46.2 Å². The number of nitrogens with two attached hydrogens (primary N) is 1. The molecule has 4 aliphatic rings. The van der Waals surface area contributed by atoms with Gasteiger partial charge in [0.25, 0.3) is 0 Å². The number of benzene rings is 4. The number of aliphatic hydroxyl groups is 5. The molecule has 0 bridgehead atoms. The SMILES string of the molecule is [N-]=[N+]=NC[C@@H]1O[C@H](O[C@H]2[C@@H](O)[C@H](O[C@@H]3[C@@H](O)[C@H](N)[C@@H](OCc4ccccc4)[C@H](NC(=O)OCc4ccccc4)[C@H]3O[C@H]3O[C@H](CN(Cc4ccccc4)C(=O)OCc4ccccc4)CC[C@H]3N=[N+]=[N-])O[C@@H]2CO)[C@H](N=[N+]=[N-])[C@@H](O)[C@@H]1O. The van der Waals surface area contributed by atoms with Crippen LogP contribution in [-0.2, 0) is 69.0 Å². The summed E-state index contributed by atoms with van der Waals surface area (Å²) in [7, 11) is 0. The zero-order valence-corrected chi connectivity index (χ0v) is 43.6. The second-order valence-corrected chi connectivity index (χ2v) is 19.6. The Morgan fingerprint density at radius 1 is 0.617 bits per heavy atom. The van der Waals surface area contributed by atoms with Crippen molar-refractivity contribution in [3.63, 3.8) is 0 Å². The Labute approximate surface area is 464 Å². The Kier molecular flexibility index (Phi) is 21.8. The van der Waals surface area contributed by atoms with E-state index in [-0.39, 0.29) is 45.8 Å². The number of nitrogens with zero attached hydrogens (tertiary/aromatic N) is 10. The van der Waals surface area contributed by atoms with Crippen LogP contribution in [0.25, 0.3) is 31.3 Å². The largest absolute Gasteiger partial charge is 0.445 e. The highest BCUT2D eigenvalue weighted by Crippen LogP contribution is 2.37. The highest BCUT2D eigenvalue weighted by molar-refractivity contribution is 5.68. The molecule has 28 heteroatoms. The molecule has 3 saturated heterocycles. The minimum Gasteiger partial charge on any atom is -0.445 e. The number of carbonyl (C=O) groups is 2. The van der Waals surface area contributed by atoms with E-state index < -0.39 is 136 Å². The molecule has 432 valence electrons. The van der Waals surface area contributed by atoms with Gasteiger partial charge in [0, 0.05) is 21.3 Å². The van der Waals surface area contributed by atoms with Crippen LogP contribution in [0.1, 0.15) is 35.1 Å². The van der Waals surface area contributed by atoms with Gasteiger partial charge in [0.05, 0.1) is 68.8 Å². The third-order valence-corrected chi connectivity index (χ3v) is 14.2. The molecule has 4 fully saturated rings. The number of alkyl carbamates (subject to hydrolysis) is 1. The van der Waals surface area contributed by atoms with Gasteiger partial charge < -0.3 is 84.1 Å². The summed E-state index contributed by atoms with van der Waals surface area (Å²) in [6.07, 6.45) is -23.7. The molecular weight excluding hydrogens is 1060 g/mol. The summed E-state index contributed by atoms with van der Waals surface area (Å²) in [5.41, 5.74) is 38.0. The number of rotatable bonds is 23. The molecule has 18 atom stereocenters. The first-order valence-electron chi connectivity index (χ1n) is 26.1. The van der Waals surface area contributed by atoms with Gasteiger partial charge in [-0.1, -0.05) is 137 Å². The second kappa shape index (κ2) is 29.5. The standard InChI is InChI=1S/C53H64N12O16/c54-38-42(68)48(81-51-44(70)45(37(26-66)78-51)79-50-39(61-64-57)43(69)41(67)36(77-50)23-58-62-55)47(40(46(38)73-27-31-15-7-2-8-16-31)59-52(71)74-28-32-17-9-3-10-18-32)80-49-35(60-63-56)22-21-34(76-49)25-65(24-30-13-5-1-6-14-30)53(72)75-29-33-19-11-4-12-20-33/h1-20,34-51,66-70H,21-29,54H2,(H,59,71)/t34-,35+,36-,37+,38-,39+,40-,41+,42-,43+,44+,45+,46+,47+,48+,49+,50+,51-/m0/s1. The number of amides is 2. The highest BCUT2D eigenvalue weighted by atomic mass is 16.8. The van der Waals surface area contributed by atoms with Crippen molar-refractivity contribution in [2.24, 2.45) is 21.1 Å². The van der Waals surface area contributed by atoms with Crippen molar-refractivity contribution in [2.45, 2.75) is 149 Å². The molecule has 4 aromatic carbocycles. The van der Waals surface area contributed by atoms with E-state index in [1.807, 2.05) is 60.7 Å². The van der Waals surface area contributed by atoms with Crippen LogP contribution in [0.15, 0.2) is 137 Å². The van der Waals surface area contributed by atoms with Crippen molar-refractivity contribution in [1.29, 1.82) is 0 Å². The summed E-state index contributed by atoms with van der Waals surface area (Å²) in [6.45, 7) is -1.59. The maximum Gasteiger partial charge on any atom is 0.410 e. The smallest absolute Gasteiger partial charge is 0.410 e. The van der Waals surface area contributed by atoms with E-state index in [2.05, 4.69) is 35.4 Å². The summed E-state index contributed by atoms with van der Waals surface area (Å²) in [5.74, 6) is 0. The Morgan fingerprint density at radius 2 is 1.19 bits per heavy atom. The average molecular weight is 1130 g/mol. The fraction of sp³-hybridized carbons (Fsp3) is 0.509. The van der Waals surface area contributed by atoms with Gasteiger partial charge >= 0.3 is 12.2 Å². The van der Waals surface area contributed by atoms with E-state index in [0.717, 1.165) is 11.1 Å². The third-order valence-electron chi connectivity index (χ3n) is 14.2. The molecule has 1 saturated carbocycles. The summed E-state index contributed by atoms with van der Waals surface area (Å²) < 4.78 is 55.8. The number of carbonyl (C=O) groups excluding carboxylic acids is 2. The zero-order valence-electron chi connectivity index (χ0n) is 43.6. The van der Waals surface area contributed by atoms with Crippen LogP contribution in [0.3, 0.4) is 0 Å². The van der Waals surface area contributed by atoms with E-state index in [1.54, 1.807) is 60.7 Å². The molecule has 8 N–H and O–H groups in total. The molecule has 0 radical (unpaired) electrons. The van der Waals surface area contributed by atoms with E-state index in [4.69, 9.17) is 53.9 Å². The summed E-state index contributed by atoms with van der Waals surface area (Å²) in [4.78, 5) is 38.0. The molecule has 1 aliphatic carbocycles. The van der Waals surface area contributed by atoms with Gasteiger partial charge in [0.2, 0.25) is 0 Å². The van der Waals surface area contributed by atoms with Crippen molar-refractivity contribution in [1.82, 2.24) is 10.2 Å². The minimum atomic E-state index is -1.92. The number of azide groups is 3. The van der Waals surface area contributed by atoms with E-state index >= 15 is 0 Å². The predicted molar refractivity (Wildman–Crippen MR) is 281 cm³/mol. The van der Waals surface area contributed by atoms with Crippen molar-refractivity contribution in [3.8, 4) is 0 Å². The maximum atomic E-state index is 14.1. The van der Waals surface area contributed by atoms with Crippen LogP contribution in [0.4, 0.5) is 9.59 Å². The predicted octanol–water partition coefficient (Wildman–Crippen LogP) is 4.26. The van der Waals surface area contributed by atoms with Gasteiger partial charge in [-0.15, -0.1) is 0 Å². The van der Waals surface area contributed by atoms with Gasteiger partial charge in [-0.3, -0.25) is 0 Å². The maximum absolute atomic E-state index is 14.1. The Hall–Kier alpha value is -7.17. The quantitative estimate of drug-likeness (QED) is 0.0310.